The molecule has 20 heavy (non-hydrogen) atoms. The lowest BCUT2D eigenvalue weighted by Gasteiger charge is -2.05. The SMILES string of the molecule is O=c1[nH]c2c(CCO)cccc2n1Cc1ccccc1. The first-order chi connectivity index (χ1) is 9.79. The zero-order valence-corrected chi connectivity index (χ0v) is 11.0. The van der Waals surface area contributed by atoms with Crippen molar-refractivity contribution in [3.8, 4) is 0 Å². The van der Waals surface area contributed by atoms with E-state index in [9.17, 15) is 4.79 Å². The fourth-order valence-corrected chi connectivity index (χ4v) is 2.49. The lowest BCUT2D eigenvalue weighted by molar-refractivity contribution is 0.300. The van der Waals surface area contributed by atoms with Crippen LogP contribution < -0.4 is 5.69 Å². The minimum absolute atomic E-state index is 0.0744. The largest absolute Gasteiger partial charge is 0.396 e. The fraction of sp³-hybridized carbons (Fsp3) is 0.188. The number of H-pyrrole nitrogens is 1. The van der Waals surface area contributed by atoms with E-state index < -0.39 is 0 Å². The van der Waals surface area contributed by atoms with Crippen molar-refractivity contribution in [2.24, 2.45) is 0 Å². The molecule has 0 saturated heterocycles. The topological polar surface area (TPSA) is 58.0 Å². The highest BCUT2D eigenvalue weighted by Crippen LogP contribution is 2.17. The number of aliphatic hydroxyl groups is 1. The highest BCUT2D eigenvalue weighted by atomic mass is 16.3. The molecule has 1 heterocycles. The molecule has 0 radical (unpaired) electrons. The summed E-state index contributed by atoms with van der Waals surface area (Å²) in [6.45, 7) is 0.618. The van der Waals surface area contributed by atoms with E-state index in [0.717, 1.165) is 22.2 Å². The quantitative estimate of drug-likeness (QED) is 0.759. The number of hydrogen-bond acceptors (Lipinski definition) is 2. The number of nitrogens with zero attached hydrogens (tertiary/aromatic N) is 1. The van der Waals surface area contributed by atoms with Crippen LogP contribution in [-0.2, 0) is 13.0 Å². The average molecular weight is 268 g/mol. The van der Waals surface area contributed by atoms with Crippen LogP contribution in [0.3, 0.4) is 0 Å². The maximum absolute atomic E-state index is 12.1. The van der Waals surface area contributed by atoms with Crippen molar-refractivity contribution in [2.45, 2.75) is 13.0 Å². The third-order valence-corrected chi connectivity index (χ3v) is 3.46. The number of nitrogens with one attached hydrogen (secondary N) is 1. The van der Waals surface area contributed by atoms with Crippen LogP contribution in [0.15, 0.2) is 53.3 Å². The Bertz CT molecular complexity index is 772. The standard InChI is InChI=1S/C16H16N2O2/c19-10-9-13-7-4-8-14-15(13)17-16(20)18(14)11-12-5-2-1-3-6-12/h1-8,19H,9-11H2,(H,17,20). The first kappa shape index (κ1) is 12.7. The summed E-state index contributed by atoms with van der Waals surface area (Å²) >= 11 is 0. The number of imidazole rings is 1. The monoisotopic (exact) mass is 268 g/mol. The molecule has 0 spiro atoms. The van der Waals surface area contributed by atoms with Crippen LogP contribution in [0.4, 0.5) is 0 Å². The summed E-state index contributed by atoms with van der Waals surface area (Å²) < 4.78 is 1.73. The van der Waals surface area contributed by atoms with Crippen molar-refractivity contribution >= 4 is 11.0 Å². The number of aliphatic hydroxyl groups excluding tert-OH is 1. The van der Waals surface area contributed by atoms with Crippen LogP contribution >= 0.6 is 0 Å². The van der Waals surface area contributed by atoms with Crippen molar-refractivity contribution in [1.82, 2.24) is 9.55 Å². The number of hydrogen-bond donors (Lipinski definition) is 2. The molecule has 3 rings (SSSR count). The molecule has 0 bridgehead atoms. The number of fused-ring (bicyclic) bond motifs is 1. The van der Waals surface area contributed by atoms with Gasteiger partial charge in [0.1, 0.15) is 0 Å². The Morgan fingerprint density at radius 3 is 2.60 bits per heavy atom. The van der Waals surface area contributed by atoms with Gasteiger partial charge >= 0.3 is 5.69 Å². The summed E-state index contributed by atoms with van der Waals surface area (Å²) in [6, 6.07) is 15.7. The van der Waals surface area contributed by atoms with Gasteiger partial charge in [0.25, 0.3) is 0 Å². The molecule has 0 aliphatic carbocycles. The van der Waals surface area contributed by atoms with Gasteiger partial charge in [-0.15, -0.1) is 0 Å². The van der Waals surface area contributed by atoms with Gasteiger partial charge in [-0.2, -0.15) is 0 Å². The van der Waals surface area contributed by atoms with Crippen molar-refractivity contribution in [1.29, 1.82) is 0 Å². The Morgan fingerprint density at radius 1 is 1.05 bits per heavy atom. The van der Waals surface area contributed by atoms with Gasteiger partial charge in [0.2, 0.25) is 0 Å². The summed E-state index contributed by atoms with van der Waals surface area (Å²) in [4.78, 5) is 15.0. The van der Waals surface area contributed by atoms with Gasteiger partial charge in [0.15, 0.2) is 0 Å². The van der Waals surface area contributed by atoms with E-state index in [4.69, 9.17) is 5.11 Å². The molecule has 1 aromatic heterocycles. The van der Waals surface area contributed by atoms with E-state index >= 15 is 0 Å². The van der Waals surface area contributed by atoms with Crippen LogP contribution in [0, 0.1) is 0 Å². The molecule has 0 amide bonds. The van der Waals surface area contributed by atoms with E-state index in [0.29, 0.717) is 13.0 Å². The molecule has 0 aliphatic rings. The zero-order chi connectivity index (χ0) is 13.9. The molecule has 3 aromatic rings. The molecule has 0 atom stereocenters. The Kier molecular flexibility index (Phi) is 3.39. The van der Waals surface area contributed by atoms with Crippen LogP contribution in [0.25, 0.3) is 11.0 Å². The number of para-hydroxylation sites is 1. The highest BCUT2D eigenvalue weighted by molar-refractivity contribution is 5.79. The first-order valence-electron chi connectivity index (χ1n) is 6.65. The third kappa shape index (κ3) is 2.26. The smallest absolute Gasteiger partial charge is 0.326 e. The van der Waals surface area contributed by atoms with E-state index in [1.807, 2.05) is 48.5 Å². The second-order valence-electron chi connectivity index (χ2n) is 4.79. The second kappa shape index (κ2) is 5.35. The average Bonchev–Trinajstić information content (AvgIpc) is 2.78. The summed E-state index contributed by atoms with van der Waals surface area (Å²) in [7, 11) is 0. The summed E-state index contributed by atoms with van der Waals surface area (Å²) in [5.41, 5.74) is 3.64. The van der Waals surface area contributed by atoms with E-state index in [1.165, 1.54) is 0 Å². The lowest BCUT2D eigenvalue weighted by Crippen LogP contribution is -2.17. The van der Waals surface area contributed by atoms with Crippen LogP contribution in [0.1, 0.15) is 11.1 Å². The predicted molar refractivity (Wildman–Crippen MR) is 78.9 cm³/mol. The van der Waals surface area contributed by atoms with E-state index in [2.05, 4.69) is 4.98 Å². The van der Waals surface area contributed by atoms with Gasteiger partial charge in [-0.25, -0.2) is 4.79 Å². The van der Waals surface area contributed by atoms with Crippen molar-refractivity contribution in [3.63, 3.8) is 0 Å². The molecular weight excluding hydrogens is 252 g/mol. The number of aromatic amines is 1. The molecule has 102 valence electrons. The van der Waals surface area contributed by atoms with Crippen molar-refractivity contribution in [3.05, 3.63) is 70.1 Å². The number of rotatable bonds is 4. The number of benzene rings is 2. The van der Waals surface area contributed by atoms with Gasteiger partial charge in [-0.3, -0.25) is 4.57 Å². The molecule has 4 heteroatoms. The predicted octanol–water partition coefficient (Wildman–Crippen LogP) is 1.91. The Labute approximate surface area is 116 Å². The van der Waals surface area contributed by atoms with Gasteiger partial charge in [-0.1, -0.05) is 42.5 Å². The van der Waals surface area contributed by atoms with E-state index in [1.54, 1.807) is 4.57 Å². The normalized spacial score (nSPS) is 11.1. The summed E-state index contributed by atoms with van der Waals surface area (Å²) in [5, 5.41) is 9.09. The number of aromatic nitrogens is 2. The third-order valence-electron chi connectivity index (χ3n) is 3.46. The molecule has 2 aromatic carbocycles. The fourth-order valence-electron chi connectivity index (χ4n) is 2.49. The molecule has 0 unspecified atom stereocenters. The molecule has 4 nitrogen and oxygen atoms in total. The molecule has 0 fully saturated rings. The van der Waals surface area contributed by atoms with Gasteiger partial charge < -0.3 is 10.1 Å². The maximum Gasteiger partial charge on any atom is 0.326 e. The molecule has 0 saturated carbocycles. The van der Waals surface area contributed by atoms with Crippen LogP contribution in [0.5, 0.6) is 0 Å². The lowest BCUT2D eigenvalue weighted by atomic mass is 10.1. The van der Waals surface area contributed by atoms with Crippen molar-refractivity contribution in [2.75, 3.05) is 6.61 Å². The van der Waals surface area contributed by atoms with Crippen LogP contribution in [0.2, 0.25) is 0 Å². The van der Waals surface area contributed by atoms with E-state index in [-0.39, 0.29) is 12.3 Å². The van der Waals surface area contributed by atoms with Crippen LogP contribution in [-0.4, -0.2) is 21.3 Å². The Hall–Kier alpha value is -2.33. The van der Waals surface area contributed by atoms with Gasteiger partial charge in [-0.05, 0) is 23.6 Å². The van der Waals surface area contributed by atoms with Gasteiger partial charge in [0.05, 0.1) is 17.6 Å². The van der Waals surface area contributed by atoms with Crippen molar-refractivity contribution < 1.29 is 5.11 Å². The maximum atomic E-state index is 12.1. The zero-order valence-electron chi connectivity index (χ0n) is 11.0. The first-order valence-corrected chi connectivity index (χ1v) is 6.65. The summed E-state index contributed by atoms with van der Waals surface area (Å²) in [6.07, 6.45) is 0.544. The minimum Gasteiger partial charge on any atom is -0.396 e. The second-order valence-corrected chi connectivity index (χ2v) is 4.79. The Morgan fingerprint density at radius 2 is 1.85 bits per heavy atom. The molecule has 0 aliphatic heterocycles. The molecule has 2 N–H and O–H groups in total. The van der Waals surface area contributed by atoms with Gasteiger partial charge in [0, 0.05) is 6.61 Å². The molecular formula is C16H16N2O2. The Balaban J connectivity index is 2.10. The minimum atomic E-state index is -0.116. The summed E-state index contributed by atoms with van der Waals surface area (Å²) in [5.74, 6) is 0. The highest BCUT2D eigenvalue weighted by Gasteiger charge is 2.10.